The van der Waals surface area contributed by atoms with Crippen molar-refractivity contribution in [2.45, 2.75) is 25.7 Å². The molecule has 1 saturated heterocycles. The molecule has 2 aliphatic rings. The van der Waals surface area contributed by atoms with Gasteiger partial charge in [0.2, 0.25) is 5.71 Å². The van der Waals surface area contributed by atoms with Gasteiger partial charge in [-0.2, -0.15) is 0 Å². The third-order valence-corrected chi connectivity index (χ3v) is 9.76. The molecule has 0 saturated carbocycles. The summed E-state index contributed by atoms with van der Waals surface area (Å²) in [5.41, 5.74) is 7.80. The van der Waals surface area contributed by atoms with Crippen LogP contribution in [0.5, 0.6) is 0 Å². The van der Waals surface area contributed by atoms with Crippen LogP contribution < -0.4 is 11.1 Å². The molecule has 2 aliphatic heterocycles. The average Bonchev–Trinajstić information content (AvgIpc) is 3.46. The molecule has 0 radical (unpaired) electrons. The van der Waals surface area contributed by atoms with Crippen LogP contribution in [0.1, 0.15) is 5.82 Å². The van der Waals surface area contributed by atoms with Gasteiger partial charge in [0.05, 0.1) is 0 Å². The van der Waals surface area contributed by atoms with Crippen molar-refractivity contribution in [3.05, 3.63) is 59.0 Å². The van der Waals surface area contributed by atoms with Gasteiger partial charge in [-0.15, -0.1) is 22.0 Å². The Hall–Kier alpha value is -3.67. The van der Waals surface area contributed by atoms with E-state index in [4.69, 9.17) is 10.6 Å². The SMILES string of the molecule is CO/N=C(\C(=O)NC1C(=O)N2C(C(=O)O)=C(CSc3nncs3)CS[C@H]12)c1nc(N)cc(Sc2ccccc2)n1. The molecule has 1 fully saturated rings. The Morgan fingerprint density at radius 3 is 2.80 bits per heavy atom. The van der Waals surface area contributed by atoms with Crippen molar-refractivity contribution in [1.29, 1.82) is 0 Å². The summed E-state index contributed by atoms with van der Waals surface area (Å²) in [4.78, 5) is 54.0. The fourth-order valence-electron chi connectivity index (χ4n) is 3.86. The molecule has 206 valence electrons. The van der Waals surface area contributed by atoms with Gasteiger partial charge >= 0.3 is 5.97 Å². The van der Waals surface area contributed by atoms with Crippen molar-refractivity contribution in [2.24, 2.45) is 5.16 Å². The number of anilines is 1. The van der Waals surface area contributed by atoms with Crippen LogP contribution in [0.3, 0.4) is 0 Å². The average molecular weight is 617 g/mol. The highest BCUT2D eigenvalue weighted by molar-refractivity contribution is 8.01. The minimum atomic E-state index is -1.21. The van der Waals surface area contributed by atoms with Crippen LogP contribution in [-0.2, 0) is 19.2 Å². The number of nitrogens with two attached hydrogens (primary N) is 1. The summed E-state index contributed by atoms with van der Waals surface area (Å²) < 4.78 is 0.698. The van der Waals surface area contributed by atoms with E-state index in [1.54, 1.807) is 11.6 Å². The van der Waals surface area contributed by atoms with Crippen molar-refractivity contribution >= 4 is 75.9 Å². The Kier molecular flexibility index (Phi) is 8.53. The Morgan fingerprint density at radius 2 is 2.10 bits per heavy atom. The number of hydrogen-bond donors (Lipinski definition) is 3. The predicted molar refractivity (Wildman–Crippen MR) is 151 cm³/mol. The standard InChI is InChI=1S/C23H20N8O5S4/c1-36-30-15(18-26-13(24)7-14(27-18)40-12-5-3-2-4-6-12)19(32)28-16-20(33)31-17(22(34)35)11(8-37-21(16)31)9-38-23-29-25-10-39-23/h2-7,10,16,21H,8-9H2,1H3,(H,28,32)(H,34,35)(H2,24,26,27)/b30-15-/t16?,21-/m1/s1. The Bertz CT molecular complexity index is 1500. The van der Waals surface area contributed by atoms with Crippen LogP contribution in [0, 0.1) is 0 Å². The number of carbonyl (C=O) groups excluding carboxylic acids is 2. The third-order valence-electron chi connectivity index (χ3n) is 5.54. The Balaban J connectivity index is 1.32. The molecule has 1 aromatic carbocycles. The van der Waals surface area contributed by atoms with E-state index in [1.807, 2.05) is 30.3 Å². The number of carbonyl (C=O) groups is 3. The highest BCUT2D eigenvalue weighted by Crippen LogP contribution is 2.41. The van der Waals surface area contributed by atoms with Gasteiger partial charge in [-0.25, -0.2) is 14.8 Å². The number of β-lactam (4-membered cyclic amide) rings is 1. The van der Waals surface area contributed by atoms with Gasteiger partial charge < -0.3 is 21.0 Å². The lowest BCUT2D eigenvalue weighted by Crippen LogP contribution is -2.71. The summed E-state index contributed by atoms with van der Waals surface area (Å²) in [6.45, 7) is 0. The van der Waals surface area contributed by atoms with Gasteiger partial charge in [0.25, 0.3) is 11.8 Å². The van der Waals surface area contributed by atoms with Gasteiger partial charge in [0.1, 0.15) is 40.6 Å². The number of nitrogens with one attached hydrogen (secondary N) is 1. The van der Waals surface area contributed by atoms with E-state index < -0.39 is 29.2 Å². The number of benzene rings is 1. The smallest absolute Gasteiger partial charge is 0.352 e. The number of hydrogen-bond acceptors (Lipinski definition) is 14. The van der Waals surface area contributed by atoms with Gasteiger partial charge in [0, 0.05) is 22.5 Å². The van der Waals surface area contributed by atoms with Gasteiger partial charge in [-0.1, -0.05) is 58.2 Å². The number of fused-ring (bicyclic) bond motifs is 1. The van der Waals surface area contributed by atoms with E-state index in [1.165, 1.54) is 58.6 Å². The molecule has 40 heavy (non-hydrogen) atoms. The molecule has 4 heterocycles. The molecule has 1 unspecified atom stereocenters. The number of amides is 2. The first-order valence-electron chi connectivity index (χ1n) is 11.4. The topological polar surface area (TPSA) is 186 Å². The predicted octanol–water partition coefficient (Wildman–Crippen LogP) is 1.94. The molecule has 2 aromatic heterocycles. The number of carboxylic acids is 1. The molecule has 5 rings (SSSR count). The number of thioether (sulfide) groups is 2. The maximum atomic E-state index is 13.3. The number of nitrogen functional groups attached to an aromatic ring is 1. The van der Waals surface area contributed by atoms with Crippen molar-refractivity contribution in [3.8, 4) is 0 Å². The zero-order chi connectivity index (χ0) is 28.2. The minimum Gasteiger partial charge on any atom is -0.477 e. The highest BCUT2D eigenvalue weighted by atomic mass is 32.2. The zero-order valence-electron chi connectivity index (χ0n) is 20.6. The van der Waals surface area contributed by atoms with Crippen molar-refractivity contribution < 1.29 is 24.3 Å². The molecular weight excluding hydrogens is 597 g/mol. The molecule has 3 aromatic rings. The lowest BCUT2D eigenvalue weighted by molar-refractivity contribution is -0.150. The van der Waals surface area contributed by atoms with Crippen molar-refractivity contribution in [2.75, 3.05) is 24.3 Å². The lowest BCUT2D eigenvalue weighted by Gasteiger charge is -2.49. The third kappa shape index (κ3) is 5.91. The largest absolute Gasteiger partial charge is 0.477 e. The number of carboxylic acid groups (broad SMARTS) is 1. The summed E-state index contributed by atoms with van der Waals surface area (Å²) >= 11 is 5.38. The normalized spacial score (nSPS) is 18.7. The fourth-order valence-corrected chi connectivity index (χ4v) is 7.68. The van der Waals surface area contributed by atoms with E-state index in [0.717, 1.165) is 4.90 Å². The summed E-state index contributed by atoms with van der Waals surface area (Å²) in [5.74, 6) is -1.78. The van der Waals surface area contributed by atoms with Crippen molar-refractivity contribution in [1.82, 2.24) is 30.4 Å². The van der Waals surface area contributed by atoms with Crippen LogP contribution >= 0.6 is 46.6 Å². The summed E-state index contributed by atoms with van der Waals surface area (Å²) in [6, 6.07) is 10.0. The number of aliphatic carboxylic acids is 1. The van der Waals surface area contributed by atoms with E-state index in [2.05, 4.69) is 30.6 Å². The first-order chi connectivity index (χ1) is 19.4. The molecule has 0 spiro atoms. The van der Waals surface area contributed by atoms with Crippen molar-refractivity contribution in [3.63, 3.8) is 0 Å². The second kappa shape index (κ2) is 12.2. The first kappa shape index (κ1) is 27.9. The molecular formula is C23H20N8O5S4. The molecule has 4 N–H and O–H groups in total. The Morgan fingerprint density at radius 1 is 1.30 bits per heavy atom. The van der Waals surface area contributed by atoms with Crippen LogP contribution in [-0.4, -0.2) is 83.7 Å². The van der Waals surface area contributed by atoms with E-state index in [-0.39, 0.29) is 23.1 Å². The monoisotopic (exact) mass is 616 g/mol. The number of aromatic nitrogens is 4. The molecule has 2 atom stereocenters. The summed E-state index contributed by atoms with van der Waals surface area (Å²) in [5, 5.41) is 23.9. The molecule has 13 nitrogen and oxygen atoms in total. The Labute approximate surface area is 244 Å². The second-order valence-electron chi connectivity index (χ2n) is 8.10. The van der Waals surface area contributed by atoms with Crippen LogP contribution in [0.15, 0.2) is 72.6 Å². The quantitative estimate of drug-likeness (QED) is 0.0987. The zero-order valence-corrected chi connectivity index (χ0v) is 23.9. The summed E-state index contributed by atoms with van der Waals surface area (Å²) in [6.07, 6.45) is 0. The van der Waals surface area contributed by atoms with E-state index >= 15 is 0 Å². The van der Waals surface area contributed by atoms with Gasteiger partial charge in [-0.05, 0) is 17.7 Å². The molecule has 2 amide bonds. The maximum Gasteiger partial charge on any atom is 0.352 e. The number of rotatable bonds is 10. The minimum absolute atomic E-state index is 0.0798. The van der Waals surface area contributed by atoms with Gasteiger partial charge in [0.15, 0.2) is 10.2 Å². The lowest BCUT2D eigenvalue weighted by atomic mass is 10.0. The number of nitrogens with zero attached hydrogens (tertiary/aromatic N) is 6. The maximum absolute atomic E-state index is 13.3. The molecule has 0 bridgehead atoms. The number of oxime groups is 1. The highest BCUT2D eigenvalue weighted by Gasteiger charge is 2.54. The second-order valence-corrected chi connectivity index (χ2v) is 12.4. The fraction of sp³-hybridized carbons (Fsp3) is 0.217. The molecule has 0 aliphatic carbocycles. The first-order valence-corrected chi connectivity index (χ1v) is 15.2. The van der Waals surface area contributed by atoms with E-state index in [0.29, 0.717) is 26.4 Å². The molecule has 17 heteroatoms. The van der Waals surface area contributed by atoms with Crippen LogP contribution in [0.25, 0.3) is 0 Å². The van der Waals surface area contributed by atoms with Crippen LogP contribution in [0.4, 0.5) is 5.82 Å². The van der Waals surface area contributed by atoms with Crippen LogP contribution in [0.2, 0.25) is 0 Å². The van der Waals surface area contributed by atoms with E-state index in [9.17, 15) is 19.5 Å². The summed E-state index contributed by atoms with van der Waals surface area (Å²) in [7, 11) is 1.26. The van der Waals surface area contributed by atoms with Gasteiger partial charge in [-0.3, -0.25) is 14.5 Å².